The van der Waals surface area contributed by atoms with E-state index >= 15 is 0 Å². The lowest BCUT2D eigenvalue weighted by molar-refractivity contribution is -0.138. The number of halogens is 5. The molecule has 0 spiro atoms. The van der Waals surface area contributed by atoms with E-state index in [1.165, 1.54) is 6.07 Å². The molecule has 1 aromatic carbocycles. The Bertz CT molecular complexity index is 1310. The molecular weight excluding hydrogens is 612 g/mol. The van der Waals surface area contributed by atoms with E-state index in [4.69, 9.17) is 4.74 Å². The van der Waals surface area contributed by atoms with Gasteiger partial charge in [0.05, 0.1) is 22.4 Å². The molecular formula is C27H35BrF4N4O3Si. The van der Waals surface area contributed by atoms with E-state index in [1.54, 1.807) is 11.0 Å². The number of fused-ring (bicyclic) bond motifs is 1. The second kappa shape index (κ2) is 11.9. The molecule has 0 saturated heterocycles. The average Bonchev–Trinajstić information content (AvgIpc) is 3.06. The highest BCUT2D eigenvalue weighted by Gasteiger charge is 2.40. The molecule has 2 aliphatic rings. The molecule has 2 heterocycles. The van der Waals surface area contributed by atoms with E-state index in [1.807, 2.05) is 6.92 Å². The number of hydrogen-bond acceptors (Lipinski definition) is 5. The number of carbonyl (C=O) groups excluding carboxylic acids is 1. The molecule has 0 bridgehead atoms. The highest BCUT2D eigenvalue weighted by Crippen LogP contribution is 2.39. The molecule has 1 amide bonds. The summed E-state index contributed by atoms with van der Waals surface area (Å²) in [5.74, 6) is -0.719. The van der Waals surface area contributed by atoms with Gasteiger partial charge in [0.1, 0.15) is 18.1 Å². The number of aromatic nitrogens is 2. The van der Waals surface area contributed by atoms with E-state index in [-0.39, 0.29) is 36.3 Å². The number of benzene rings is 1. The fourth-order valence-corrected chi connectivity index (χ4v) is 6.53. The van der Waals surface area contributed by atoms with Crippen LogP contribution in [0.25, 0.3) is 0 Å². The van der Waals surface area contributed by atoms with E-state index in [0.717, 1.165) is 30.6 Å². The summed E-state index contributed by atoms with van der Waals surface area (Å²) >= 11 is 3.18. The fraction of sp³-hybridized carbons (Fsp3) is 0.593. The Kier molecular flexibility index (Phi) is 9.15. The lowest BCUT2D eigenvalue weighted by atomic mass is 9.85. The second-order valence-electron chi connectivity index (χ2n) is 11.9. The van der Waals surface area contributed by atoms with Crippen LogP contribution >= 0.6 is 15.9 Å². The van der Waals surface area contributed by atoms with Gasteiger partial charge in [-0.2, -0.15) is 18.3 Å². The first kappa shape index (κ1) is 30.7. The minimum Gasteiger partial charge on any atom is -0.380 e. The van der Waals surface area contributed by atoms with Gasteiger partial charge in [0, 0.05) is 32.8 Å². The first-order valence-corrected chi connectivity index (χ1v) is 18.0. The zero-order chi connectivity index (χ0) is 29.4. The largest absolute Gasteiger partial charge is 0.423 e. The Labute approximate surface area is 240 Å². The first-order valence-electron chi connectivity index (χ1n) is 13.5. The standard InChI is InChI=1S/C27H35BrF4N4O3Si/c1-16-19-11-21(28)22(29)12-20(19)25(37)35(16)14-17-6-5-7-18(10-17)34-23-13-33-36(15-39-8-9-40(2,3)4)26(38)24(23)27(30,31)32/h11-13,16-18,34H,5-10,14-15H2,1-4H3/t16?,17-,18+/m1/s1. The molecule has 1 saturated carbocycles. The third kappa shape index (κ3) is 6.96. The van der Waals surface area contributed by atoms with Crippen LogP contribution in [0.5, 0.6) is 0 Å². The normalized spacial score (nSPS) is 21.6. The van der Waals surface area contributed by atoms with Crippen LogP contribution in [0.1, 0.15) is 60.1 Å². The highest BCUT2D eigenvalue weighted by atomic mass is 79.9. The summed E-state index contributed by atoms with van der Waals surface area (Å²) in [6.07, 6.45) is -1.12. The Morgan fingerprint density at radius 2 is 1.93 bits per heavy atom. The molecule has 3 atom stereocenters. The van der Waals surface area contributed by atoms with Crippen molar-refractivity contribution in [3.63, 3.8) is 0 Å². The van der Waals surface area contributed by atoms with Gasteiger partial charge in [0.25, 0.3) is 11.5 Å². The molecule has 40 heavy (non-hydrogen) atoms. The lowest BCUT2D eigenvalue weighted by Crippen LogP contribution is -2.38. The minimum absolute atomic E-state index is 0.0303. The van der Waals surface area contributed by atoms with Crippen molar-refractivity contribution in [2.24, 2.45) is 5.92 Å². The minimum atomic E-state index is -4.87. The Morgan fingerprint density at radius 1 is 1.20 bits per heavy atom. The molecule has 1 aromatic heterocycles. The number of ether oxygens (including phenoxy) is 1. The molecule has 0 radical (unpaired) electrons. The number of amides is 1. The summed E-state index contributed by atoms with van der Waals surface area (Å²) in [5.41, 5.74) is -1.80. The smallest absolute Gasteiger partial charge is 0.380 e. The zero-order valence-electron chi connectivity index (χ0n) is 23.1. The second-order valence-corrected chi connectivity index (χ2v) is 18.4. The van der Waals surface area contributed by atoms with Crippen molar-refractivity contribution in [2.45, 2.75) is 83.3 Å². The maximum atomic E-state index is 14.1. The number of anilines is 1. The van der Waals surface area contributed by atoms with Crippen molar-refractivity contribution in [3.05, 3.63) is 55.7 Å². The molecule has 220 valence electrons. The summed E-state index contributed by atoms with van der Waals surface area (Å²) < 4.78 is 62.6. The van der Waals surface area contributed by atoms with Crippen molar-refractivity contribution in [3.8, 4) is 0 Å². The maximum Gasteiger partial charge on any atom is 0.423 e. The molecule has 2 aromatic rings. The number of carbonyl (C=O) groups is 1. The van der Waals surface area contributed by atoms with Crippen LogP contribution in [0, 0.1) is 11.7 Å². The lowest BCUT2D eigenvalue weighted by Gasteiger charge is -2.34. The molecule has 7 nitrogen and oxygen atoms in total. The van der Waals surface area contributed by atoms with Crippen LogP contribution in [0.3, 0.4) is 0 Å². The van der Waals surface area contributed by atoms with Crippen molar-refractivity contribution in [2.75, 3.05) is 18.5 Å². The fourth-order valence-electron chi connectivity index (χ4n) is 5.41. The number of rotatable bonds is 9. The molecule has 4 rings (SSSR count). The van der Waals surface area contributed by atoms with Crippen LogP contribution in [0.2, 0.25) is 25.7 Å². The van der Waals surface area contributed by atoms with Crippen molar-refractivity contribution in [1.82, 2.24) is 14.7 Å². The Hall–Kier alpha value is -2.25. The van der Waals surface area contributed by atoms with Gasteiger partial charge < -0.3 is 15.0 Å². The van der Waals surface area contributed by atoms with Gasteiger partial charge in [-0.3, -0.25) is 9.59 Å². The third-order valence-corrected chi connectivity index (χ3v) is 9.95. The van der Waals surface area contributed by atoms with Crippen molar-refractivity contribution < 1.29 is 27.1 Å². The molecule has 13 heteroatoms. The van der Waals surface area contributed by atoms with Crippen molar-refractivity contribution in [1.29, 1.82) is 0 Å². The van der Waals surface area contributed by atoms with Crippen LogP contribution in [0.4, 0.5) is 23.2 Å². The van der Waals surface area contributed by atoms with E-state index in [9.17, 15) is 27.2 Å². The summed E-state index contributed by atoms with van der Waals surface area (Å²) in [5, 5.41) is 6.88. The third-order valence-electron chi connectivity index (χ3n) is 7.64. The van der Waals surface area contributed by atoms with Gasteiger partial charge in [0.15, 0.2) is 0 Å². The van der Waals surface area contributed by atoms with E-state index in [2.05, 4.69) is 46.0 Å². The van der Waals surface area contributed by atoms with Gasteiger partial charge in [0.2, 0.25) is 0 Å². The van der Waals surface area contributed by atoms with Gasteiger partial charge in [-0.25, -0.2) is 9.07 Å². The summed E-state index contributed by atoms with van der Waals surface area (Å²) in [6, 6.07) is 3.12. The van der Waals surface area contributed by atoms with E-state index < -0.39 is 31.2 Å². The monoisotopic (exact) mass is 646 g/mol. The van der Waals surface area contributed by atoms with E-state index in [0.29, 0.717) is 40.7 Å². The summed E-state index contributed by atoms with van der Waals surface area (Å²) in [6.45, 7) is 8.77. The molecule has 1 unspecified atom stereocenters. The molecule has 1 aliphatic carbocycles. The summed E-state index contributed by atoms with van der Waals surface area (Å²) in [4.78, 5) is 27.5. The topological polar surface area (TPSA) is 76.5 Å². The van der Waals surface area contributed by atoms with Gasteiger partial charge >= 0.3 is 6.18 Å². The van der Waals surface area contributed by atoms with Crippen LogP contribution in [0.15, 0.2) is 27.6 Å². The van der Waals surface area contributed by atoms with Crippen LogP contribution in [-0.2, 0) is 17.6 Å². The zero-order valence-corrected chi connectivity index (χ0v) is 25.7. The number of alkyl halides is 3. The molecule has 1 aliphatic heterocycles. The van der Waals surface area contributed by atoms with Gasteiger partial charge in [-0.05, 0) is 71.8 Å². The Morgan fingerprint density at radius 3 is 2.60 bits per heavy atom. The van der Waals surface area contributed by atoms with Crippen LogP contribution < -0.4 is 10.9 Å². The van der Waals surface area contributed by atoms with Gasteiger partial charge in [-0.1, -0.05) is 26.1 Å². The maximum absolute atomic E-state index is 14.1. The number of nitrogens with zero attached hydrogens (tertiary/aromatic N) is 3. The number of nitrogens with one attached hydrogen (secondary N) is 1. The molecule has 1 N–H and O–H groups in total. The predicted octanol–water partition coefficient (Wildman–Crippen LogP) is 6.66. The quantitative estimate of drug-likeness (QED) is 0.187. The van der Waals surface area contributed by atoms with Crippen LogP contribution in [-0.4, -0.2) is 47.9 Å². The predicted molar refractivity (Wildman–Crippen MR) is 151 cm³/mol. The Balaban J connectivity index is 1.44. The summed E-state index contributed by atoms with van der Waals surface area (Å²) in [7, 11) is -1.39. The van der Waals surface area contributed by atoms with Gasteiger partial charge in [-0.15, -0.1) is 0 Å². The number of hydrogen-bond donors (Lipinski definition) is 1. The molecule has 1 fully saturated rings. The first-order chi connectivity index (χ1) is 18.7. The SMILES string of the molecule is CC1c2cc(Br)c(F)cc2C(=O)N1C[C@@H]1CCC[C@H](Nc2cnn(COCC[Si](C)(C)C)c(=O)c2C(F)(F)F)C1. The average molecular weight is 648 g/mol. The van der Waals surface area contributed by atoms with Crippen molar-refractivity contribution >= 4 is 35.6 Å². The highest BCUT2D eigenvalue weighted by molar-refractivity contribution is 9.10.